The second-order valence-corrected chi connectivity index (χ2v) is 5.43. The van der Waals surface area contributed by atoms with E-state index in [0.29, 0.717) is 13.1 Å². The third-order valence-electron chi connectivity index (χ3n) is 2.91. The molecule has 0 saturated carbocycles. The van der Waals surface area contributed by atoms with Crippen LogP contribution in [0.15, 0.2) is 46.9 Å². The number of terminal acetylenes is 1. The normalized spacial score (nSPS) is 10.1. The van der Waals surface area contributed by atoms with Gasteiger partial charge in [0, 0.05) is 23.1 Å². The third kappa shape index (κ3) is 4.82. The van der Waals surface area contributed by atoms with Gasteiger partial charge >= 0.3 is 0 Å². The molecule has 0 heterocycles. The molecule has 0 aromatic heterocycles. The SMILES string of the molecule is C#CCOc1ccc(Br)cc1CNCc1ccc(O)cc1. The molecule has 108 valence electrons. The monoisotopic (exact) mass is 345 g/mol. The first-order valence-corrected chi connectivity index (χ1v) is 7.31. The number of ether oxygens (including phenoxy) is 1. The van der Waals surface area contributed by atoms with Crippen LogP contribution in [0.3, 0.4) is 0 Å². The smallest absolute Gasteiger partial charge is 0.148 e. The van der Waals surface area contributed by atoms with Crippen molar-refractivity contribution in [3.8, 4) is 23.8 Å². The Kier molecular flexibility index (Phi) is 5.68. The first-order chi connectivity index (χ1) is 10.2. The lowest BCUT2D eigenvalue weighted by molar-refractivity contribution is 0.364. The predicted molar refractivity (Wildman–Crippen MR) is 87.1 cm³/mol. The van der Waals surface area contributed by atoms with E-state index >= 15 is 0 Å². The summed E-state index contributed by atoms with van der Waals surface area (Å²) in [6, 6.07) is 13.0. The summed E-state index contributed by atoms with van der Waals surface area (Å²) in [7, 11) is 0. The fraction of sp³-hybridized carbons (Fsp3) is 0.176. The molecule has 0 aliphatic heterocycles. The van der Waals surface area contributed by atoms with Crippen molar-refractivity contribution < 1.29 is 9.84 Å². The van der Waals surface area contributed by atoms with Crippen molar-refractivity contribution in [1.29, 1.82) is 0 Å². The average molecular weight is 346 g/mol. The highest BCUT2D eigenvalue weighted by molar-refractivity contribution is 9.10. The lowest BCUT2D eigenvalue weighted by Gasteiger charge is -2.11. The Labute approximate surface area is 133 Å². The van der Waals surface area contributed by atoms with Gasteiger partial charge in [-0.25, -0.2) is 0 Å². The lowest BCUT2D eigenvalue weighted by Crippen LogP contribution is -2.13. The van der Waals surface area contributed by atoms with Crippen LogP contribution in [0, 0.1) is 12.3 Å². The molecule has 0 unspecified atom stereocenters. The van der Waals surface area contributed by atoms with Gasteiger partial charge in [0.15, 0.2) is 0 Å². The maximum absolute atomic E-state index is 9.25. The molecule has 2 aromatic rings. The quantitative estimate of drug-likeness (QED) is 0.788. The first kappa shape index (κ1) is 15.4. The summed E-state index contributed by atoms with van der Waals surface area (Å²) in [4.78, 5) is 0. The van der Waals surface area contributed by atoms with Crippen LogP contribution >= 0.6 is 15.9 Å². The van der Waals surface area contributed by atoms with Crippen molar-refractivity contribution in [1.82, 2.24) is 5.32 Å². The lowest BCUT2D eigenvalue weighted by atomic mass is 10.2. The fourth-order valence-electron chi connectivity index (χ4n) is 1.90. The molecule has 2 rings (SSSR count). The molecule has 0 saturated heterocycles. The number of nitrogens with one attached hydrogen (secondary N) is 1. The Bertz CT molecular complexity index is 632. The number of phenolic OH excluding ortho intramolecular Hbond substituents is 1. The van der Waals surface area contributed by atoms with Crippen molar-refractivity contribution >= 4 is 15.9 Å². The van der Waals surface area contributed by atoms with E-state index in [1.54, 1.807) is 12.1 Å². The molecule has 0 aliphatic carbocycles. The Balaban J connectivity index is 1.97. The molecule has 0 atom stereocenters. The van der Waals surface area contributed by atoms with Crippen LogP contribution in [-0.2, 0) is 13.1 Å². The van der Waals surface area contributed by atoms with E-state index in [-0.39, 0.29) is 12.4 Å². The van der Waals surface area contributed by atoms with Gasteiger partial charge in [0.05, 0.1) is 0 Å². The molecule has 0 amide bonds. The van der Waals surface area contributed by atoms with E-state index in [1.165, 1.54) is 0 Å². The van der Waals surface area contributed by atoms with Gasteiger partial charge in [0.2, 0.25) is 0 Å². The third-order valence-corrected chi connectivity index (χ3v) is 3.41. The number of rotatable bonds is 6. The molecule has 2 aromatic carbocycles. The number of halogens is 1. The Morgan fingerprint density at radius 1 is 1.14 bits per heavy atom. The van der Waals surface area contributed by atoms with Gasteiger partial charge in [-0.1, -0.05) is 34.0 Å². The molecule has 0 aliphatic rings. The number of hydrogen-bond donors (Lipinski definition) is 2. The van der Waals surface area contributed by atoms with Crippen LogP contribution in [0.4, 0.5) is 0 Å². The van der Waals surface area contributed by atoms with Crippen LogP contribution in [0.25, 0.3) is 0 Å². The van der Waals surface area contributed by atoms with E-state index in [9.17, 15) is 5.11 Å². The van der Waals surface area contributed by atoms with Gasteiger partial charge in [-0.3, -0.25) is 0 Å². The number of hydrogen-bond acceptors (Lipinski definition) is 3. The van der Waals surface area contributed by atoms with Gasteiger partial charge in [0.1, 0.15) is 18.1 Å². The molecule has 21 heavy (non-hydrogen) atoms. The Hall–Kier alpha value is -1.96. The zero-order valence-corrected chi connectivity index (χ0v) is 13.1. The van der Waals surface area contributed by atoms with Crippen molar-refractivity contribution in [2.24, 2.45) is 0 Å². The number of benzene rings is 2. The zero-order chi connectivity index (χ0) is 15.1. The van der Waals surface area contributed by atoms with Gasteiger partial charge < -0.3 is 15.2 Å². The topological polar surface area (TPSA) is 41.5 Å². The minimum absolute atomic E-state index is 0.257. The van der Waals surface area contributed by atoms with E-state index in [0.717, 1.165) is 21.3 Å². The number of phenols is 1. The highest BCUT2D eigenvalue weighted by Crippen LogP contribution is 2.23. The molecule has 2 N–H and O–H groups in total. The molecule has 0 spiro atoms. The van der Waals surface area contributed by atoms with E-state index in [1.807, 2.05) is 30.3 Å². The zero-order valence-electron chi connectivity index (χ0n) is 11.5. The van der Waals surface area contributed by atoms with Crippen LogP contribution in [-0.4, -0.2) is 11.7 Å². The summed E-state index contributed by atoms with van der Waals surface area (Å²) in [5.41, 5.74) is 2.15. The van der Waals surface area contributed by atoms with Gasteiger partial charge in [-0.2, -0.15) is 0 Å². The van der Waals surface area contributed by atoms with Crippen LogP contribution in [0.2, 0.25) is 0 Å². The highest BCUT2D eigenvalue weighted by Gasteiger charge is 2.04. The Morgan fingerprint density at radius 2 is 1.90 bits per heavy atom. The number of aromatic hydroxyl groups is 1. The van der Waals surface area contributed by atoms with Gasteiger partial charge in [-0.05, 0) is 35.9 Å². The second-order valence-electron chi connectivity index (χ2n) is 4.51. The maximum atomic E-state index is 9.25. The van der Waals surface area contributed by atoms with E-state index < -0.39 is 0 Å². The second kappa shape index (κ2) is 7.72. The molecule has 0 fully saturated rings. The fourth-order valence-corrected chi connectivity index (χ4v) is 2.31. The summed E-state index contributed by atoms with van der Waals surface area (Å²) in [5, 5.41) is 12.6. The minimum Gasteiger partial charge on any atom is -0.508 e. The summed E-state index contributed by atoms with van der Waals surface area (Å²) in [5.74, 6) is 3.53. The standard InChI is InChI=1S/C17H16BrNO2/c1-2-9-21-17-8-5-15(18)10-14(17)12-19-11-13-3-6-16(20)7-4-13/h1,3-8,10,19-20H,9,11-12H2. The maximum Gasteiger partial charge on any atom is 0.148 e. The summed E-state index contributed by atoms with van der Waals surface area (Å²) >= 11 is 3.46. The molecular weight excluding hydrogens is 330 g/mol. The predicted octanol–water partition coefficient (Wildman–Crippen LogP) is 3.46. The van der Waals surface area contributed by atoms with Crippen molar-refractivity contribution in [2.75, 3.05) is 6.61 Å². The van der Waals surface area contributed by atoms with E-state index in [2.05, 4.69) is 27.2 Å². The largest absolute Gasteiger partial charge is 0.508 e. The van der Waals surface area contributed by atoms with Crippen LogP contribution < -0.4 is 10.1 Å². The molecule has 3 nitrogen and oxygen atoms in total. The van der Waals surface area contributed by atoms with E-state index in [4.69, 9.17) is 11.2 Å². The van der Waals surface area contributed by atoms with Crippen molar-refractivity contribution in [2.45, 2.75) is 13.1 Å². The highest BCUT2D eigenvalue weighted by atomic mass is 79.9. The van der Waals surface area contributed by atoms with Gasteiger partial charge in [0.25, 0.3) is 0 Å². The van der Waals surface area contributed by atoms with Crippen LogP contribution in [0.5, 0.6) is 11.5 Å². The minimum atomic E-state index is 0.257. The van der Waals surface area contributed by atoms with Crippen molar-refractivity contribution in [3.63, 3.8) is 0 Å². The van der Waals surface area contributed by atoms with Crippen LogP contribution in [0.1, 0.15) is 11.1 Å². The molecule has 0 radical (unpaired) electrons. The van der Waals surface area contributed by atoms with Gasteiger partial charge in [-0.15, -0.1) is 6.42 Å². The average Bonchev–Trinajstić information content (AvgIpc) is 2.48. The summed E-state index contributed by atoms with van der Waals surface area (Å²) in [6.45, 7) is 1.63. The first-order valence-electron chi connectivity index (χ1n) is 6.52. The summed E-state index contributed by atoms with van der Waals surface area (Å²) < 4.78 is 6.53. The molecule has 4 heteroatoms. The molecule has 0 bridgehead atoms. The van der Waals surface area contributed by atoms with Crippen molar-refractivity contribution in [3.05, 3.63) is 58.1 Å². The molecular formula is C17H16BrNO2. The summed E-state index contributed by atoms with van der Waals surface area (Å²) in [6.07, 6.45) is 5.22. The Morgan fingerprint density at radius 3 is 2.62 bits per heavy atom.